The molecule has 26 heavy (non-hydrogen) atoms. The van der Waals surface area contributed by atoms with Crippen LogP contribution in [0.1, 0.15) is 45.6 Å². The van der Waals surface area contributed by atoms with Gasteiger partial charge in [-0.25, -0.2) is 9.97 Å². The van der Waals surface area contributed by atoms with Crippen molar-refractivity contribution in [3.63, 3.8) is 0 Å². The van der Waals surface area contributed by atoms with Crippen molar-refractivity contribution in [3.05, 3.63) is 42.2 Å². The van der Waals surface area contributed by atoms with Gasteiger partial charge in [0.25, 0.3) is 0 Å². The summed E-state index contributed by atoms with van der Waals surface area (Å²) in [6.45, 7) is 7.04. The molecule has 0 aliphatic rings. The lowest BCUT2D eigenvalue weighted by Crippen LogP contribution is -2.22. The average Bonchev–Trinajstić information content (AvgIpc) is 2.67. The third-order valence-electron chi connectivity index (χ3n) is 3.97. The smallest absolute Gasteiger partial charge is 0.316 e. The lowest BCUT2D eigenvalue weighted by Gasteiger charge is -2.11. The Morgan fingerprint density at radius 3 is 2.38 bits per heavy atom. The van der Waals surface area contributed by atoms with Crippen LogP contribution in [0.2, 0.25) is 0 Å². The van der Waals surface area contributed by atoms with Crippen molar-refractivity contribution in [2.75, 3.05) is 13.2 Å². The average molecular weight is 356 g/mol. The van der Waals surface area contributed by atoms with Crippen LogP contribution in [-0.2, 0) is 16.0 Å². The van der Waals surface area contributed by atoms with Crippen LogP contribution in [-0.4, -0.2) is 29.2 Å². The number of carbonyl (C=O) groups is 1. The molecule has 1 heterocycles. The summed E-state index contributed by atoms with van der Waals surface area (Å²) in [6, 6.07) is 7.26. The van der Waals surface area contributed by atoms with Gasteiger partial charge in [0.2, 0.25) is 0 Å². The highest BCUT2D eigenvalue weighted by Gasteiger charge is 2.15. The lowest BCUT2D eigenvalue weighted by molar-refractivity contribution is -0.140. The zero-order valence-corrected chi connectivity index (χ0v) is 15.9. The number of nitrogens with zero attached hydrogens (tertiary/aromatic N) is 2. The van der Waals surface area contributed by atoms with Crippen LogP contribution in [0.4, 0.5) is 0 Å². The second kappa shape index (κ2) is 10.7. The first-order valence-electron chi connectivity index (χ1n) is 9.34. The van der Waals surface area contributed by atoms with Crippen molar-refractivity contribution in [3.8, 4) is 17.1 Å². The molecule has 1 atom stereocenters. The van der Waals surface area contributed by atoms with Gasteiger partial charge in [0, 0.05) is 24.6 Å². The maximum Gasteiger partial charge on any atom is 0.316 e. The highest BCUT2D eigenvalue weighted by molar-refractivity contribution is 5.75. The Morgan fingerprint density at radius 1 is 1.08 bits per heavy atom. The Labute approximate surface area is 155 Å². The summed E-state index contributed by atoms with van der Waals surface area (Å²) in [7, 11) is 0. The van der Waals surface area contributed by atoms with Crippen molar-refractivity contribution in [1.29, 1.82) is 0 Å². The highest BCUT2D eigenvalue weighted by Crippen LogP contribution is 2.20. The molecule has 140 valence electrons. The Morgan fingerprint density at radius 2 is 1.77 bits per heavy atom. The minimum Gasteiger partial charge on any atom is -0.426 e. The molecule has 2 rings (SSSR count). The van der Waals surface area contributed by atoms with Gasteiger partial charge in [-0.2, -0.15) is 0 Å². The predicted octanol–water partition coefficient (Wildman–Crippen LogP) is 4.45. The molecule has 0 aliphatic carbocycles. The maximum atomic E-state index is 12.1. The first-order chi connectivity index (χ1) is 12.6. The molecule has 0 spiro atoms. The van der Waals surface area contributed by atoms with E-state index in [0.717, 1.165) is 36.8 Å². The number of unbranched alkanes of at least 4 members (excludes halogenated alkanes) is 1. The van der Waals surface area contributed by atoms with E-state index in [2.05, 4.69) is 16.9 Å². The first kappa shape index (κ1) is 20.0. The van der Waals surface area contributed by atoms with Crippen LogP contribution in [0.3, 0.4) is 0 Å². The van der Waals surface area contributed by atoms with Crippen molar-refractivity contribution >= 4 is 5.97 Å². The fourth-order valence-electron chi connectivity index (χ4n) is 2.38. The molecule has 1 aromatic carbocycles. The molecule has 0 radical (unpaired) electrons. The van der Waals surface area contributed by atoms with Gasteiger partial charge in [-0.05, 0) is 56.0 Å². The number of ether oxygens (including phenoxy) is 2. The number of aromatic nitrogens is 2. The van der Waals surface area contributed by atoms with E-state index in [4.69, 9.17) is 9.47 Å². The molecule has 0 bridgehead atoms. The first-order valence-corrected chi connectivity index (χ1v) is 9.34. The van der Waals surface area contributed by atoms with Gasteiger partial charge in [0.05, 0.1) is 12.5 Å². The summed E-state index contributed by atoms with van der Waals surface area (Å²) in [4.78, 5) is 20.9. The van der Waals surface area contributed by atoms with Crippen LogP contribution in [0.25, 0.3) is 11.4 Å². The summed E-state index contributed by atoms with van der Waals surface area (Å²) in [5.74, 6) is 0.607. The molecule has 0 aliphatic heterocycles. The van der Waals surface area contributed by atoms with Gasteiger partial charge in [-0.15, -0.1) is 0 Å². The standard InChI is InChI=1S/C21H28N2O3/c1-4-6-7-17-13-22-20(23-14-17)18-8-10-19(11-9-18)26-21(24)16(3)15-25-12-5-2/h8-11,13-14,16H,4-7,12,15H2,1-3H3. The van der Waals surface area contributed by atoms with Crippen molar-refractivity contribution < 1.29 is 14.3 Å². The lowest BCUT2D eigenvalue weighted by atomic mass is 10.1. The minimum atomic E-state index is -0.291. The fraction of sp³-hybridized carbons (Fsp3) is 0.476. The summed E-state index contributed by atoms with van der Waals surface area (Å²) in [6.07, 6.45) is 8.00. The molecule has 1 unspecified atom stereocenters. The number of benzene rings is 1. The minimum absolute atomic E-state index is 0.287. The Hall–Kier alpha value is -2.27. The molecular weight excluding hydrogens is 328 g/mol. The van der Waals surface area contributed by atoms with Gasteiger partial charge in [0.15, 0.2) is 5.82 Å². The number of hydrogen-bond acceptors (Lipinski definition) is 5. The van der Waals surface area contributed by atoms with E-state index in [9.17, 15) is 4.79 Å². The molecule has 0 amide bonds. The SMILES string of the molecule is CCCCc1cnc(-c2ccc(OC(=O)C(C)COCCC)cc2)nc1. The molecule has 5 nitrogen and oxygen atoms in total. The second-order valence-electron chi connectivity index (χ2n) is 6.44. The van der Waals surface area contributed by atoms with E-state index in [0.29, 0.717) is 24.8 Å². The third kappa shape index (κ3) is 6.23. The molecule has 0 fully saturated rings. The van der Waals surface area contributed by atoms with E-state index in [1.807, 2.05) is 31.5 Å². The van der Waals surface area contributed by atoms with Crippen LogP contribution in [0, 0.1) is 5.92 Å². The largest absolute Gasteiger partial charge is 0.426 e. The third-order valence-corrected chi connectivity index (χ3v) is 3.97. The summed E-state index contributed by atoms with van der Waals surface area (Å²) >= 11 is 0. The van der Waals surface area contributed by atoms with E-state index < -0.39 is 0 Å². The second-order valence-corrected chi connectivity index (χ2v) is 6.44. The van der Waals surface area contributed by atoms with Crippen LogP contribution >= 0.6 is 0 Å². The fourth-order valence-corrected chi connectivity index (χ4v) is 2.38. The molecule has 0 N–H and O–H groups in total. The molecule has 1 aromatic heterocycles. The number of rotatable bonds is 10. The van der Waals surface area contributed by atoms with E-state index >= 15 is 0 Å². The Kier molecular flexibility index (Phi) is 8.22. The van der Waals surface area contributed by atoms with Crippen molar-refractivity contribution in [2.24, 2.45) is 5.92 Å². The van der Waals surface area contributed by atoms with Gasteiger partial charge >= 0.3 is 5.97 Å². The van der Waals surface area contributed by atoms with Gasteiger partial charge in [-0.1, -0.05) is 20.3 Å². The zero-order valence-electron chi connectivity index (χ0n) is 15.9. The molecule has 5 heteroatoms. The highest BCUT2D eigenvalue weighted by atomic mass is 16.5. The quantitative estimate of drug-likeness (QED) is 0.357. The summed E-state index contributed by atoms with van der Waals surface area (Å²) < 4.78 is 10.8. The topological polar surface area (TPSA) is 61.3 Å². The summed E-state index contributed by atoms with van der Waals surface area (Å²) in [5.41, 5.74) is 2.05. The van der Waals surface area contributed by atoms with Gasteiger partial charge < -0.3 is 9.47 Å². The Bertz CT molecular complexity index is 669. The number of aryl methyl sites for hydroxylation is 1. The number of esters is 1. The van der Waals surface area contributed by atoms with E-state index in [1.165, 1.54) is 0 Å². The predicted molar refractivity (Wildman–Crippen MR) is 102 cm³/mol. The molecule has 0 saturated heterocycles. The summed E-state index contributed by atoms with van der Waals surface area (Å²) in [5, 5.41) is 0. The van der Waals surface area contributed by atoms with Crippen molar-refractivity contribution in [2.45, 2.75) is 46.5 Å². The van der Waals surface area contributed by atoms with E-state index in [1.54, 1.807) is 19.1 Å². The maximum absolute atomic E-state index is 12.1. The molecule has 0 saturated carbocycles. The van der Waals surface area contributed by atoms with E-state index in [-0.39, 0.29) is 11.9 Å². The van der Waals surface area contributed by atoms with Crippen LogP contribution < -0.4 is 4.74 Å². The van der Waals surface area contributed by atoms with Crippen LogP contribution in [0.5, 0.6) is 5.75 Å². The monoisotopic (exact) mass is 356 g/mol. The molecule has 2 aromatic rings. The normalized spacial score (nSPS) is 12.0. The van der Waals surface area contributed by atoms with Gasteiger partial charge in [0.1, 0.15) is 5.75 Å². The molecular formula is C21H28N2O3. The number of hydrogen-bond donors (Lipinski definition) is 0. The van der Waals surface area contributed by atoms with Gasteiger partial charge in [-0.3, -0.25) is 4.79 Å². The number of carbonyl (C=O) groups excluding carboxylic acids is 1. The van der Waals surface area contributed by atoms with Crippen molar-refractivity contribution in [1.82, 2.24) is 9.97 Å². The zero-order chi connectivity index (χ0) is 18.8. The Balaban J connectivity index is 1.92. The van der Waals surface area contributed by atoms with Crippen LogP contribution in [0.15, 0.2) is 36.7 Å².